The van der Waals surface area contributed by atoms with Gasteiger partial charge in [0.15, 0.2) is 11.5 Å². The van der Waals surface area contributed by atoms with Crippen LogP contribution in [-0.2, 0) is 6.42 Å². The van der Waals surface area contributed by atoms with E-state index in [0.29, 0.717) is 17.3 Å². The highest BCUT2D eigenvalue weighted by Gasteiger charge is 2.23. The molecular weight excluding hydrogens is 370 g/mol. The number of hydrogen-bond donors (Lipinski definition) is 4. The number of carbonyl (C=O) groups excluding carboxylic acids is 1. The van der Waals surface area contributed by atoms with Crippen molar-refractivity contribution in [2.24, 2.45) is 11.5 Å². The summed E-state index contributed by atoms with van der Waals surface area (Å²) in [7, 11) is 1.62. The number of anilines is 3. The number of aromatic nitrogens is 3. The maximum Gasteiger partial charge on any atom is 0.271 e. The molecule has 2 atom stereocenters. The van der Waals surface area contributed by atoms with Crippen LogP contribution in [0.1, 0.15) is 55.2 Å². The van der Waals surface area contributed by atoms with Gasteiger partial charge in [0, 0.05) is 18.2 Å². The van der Waals surface area contributed by atoms with Crippen LogP contribution in [0, 0.1) is 0 Å². The highest BCUT2D eigenvalue weighted by Crippen LogP contribution is 2.26. The maximum atomic E-state index is 11.8. The van der Waals surface area contributed by atoms with Crippen LogP contribution in [0.2, 0.25) is 0 Å². The lowest BCUT2D eigenvalue weighted by Gasteiger charge is -2.29. The van der Waals surface area contributed by atoms with Gasteiger partial charge in [-0.2, -0.15) is 0 Å². The quantitative estimate of drug-likeness (QED) is 0.530. The molecule has 1 aliphatic carbocycles. The Morgan fingerprint density at radius 1 is 1.24 bits per heavy atom. The van der Waals surface area contributed by atoms with Gasteiger partial charge in [0.05, 0.1) is 18.5 Å². The number of nitrogens with zero attached hydrogens (tertiary/aromatic N) is 3. The third kappa shape index (κ3) is 5.11. The Balaban J connectivity index is 1.86. The number of hydrogen-bond acceptors (Lipinski definition) is 8. The molecule has 9 nitrogen and oxygen atoms in total. The van der Waals surface area contributed by atoms with Gasteiger partial charge in [-0.25, -0.2) is 4.98 Å². The molecule has 29 heavy (non-hydrogen) atoms. The van der Waals surface area contributed by atoms with Crippen LogP contribution in [0.5, 0.6) is 5.75 Å². The summed E-state index contributed by atoms with van der Waals surface area (Å²) in [5.74, 6) is 1.18. The molecule has 2 aromatic rings. The van der Waals surface area contributed by atoms with Crippen molar-refractivity contribution in [2.45, 2.75) is 57.5 Å². The van der Waals surface area contributed by atoms with Crippen LogP contribution < -0.4 is 26.8 Å². The molecule has 9 heteroatoms. The summed E-state index contributed by atoms with van der Waals surface area (Å²) in [6.07, 6.45) is 5.93. The molecule has 0 radical (unpaired) electrons. The van der Waals surface area contributed by atoms with Crippen molar-refractivity contribution in [3.63, 3.8) is 0 Å². The minimum atomic E-state index is -0.664. The fraction of sp³-hybridized carbons (Fsp3) is 0.500. The topological polar surface area (TPSA) is 141 Å². The third-order valence-corrected chi connectivity index (χ3v) is 5.08. The number of amides is 1. The van der Waals surface area contributed by atoms with Crippen LogP contribution in [-0.4, -0.2) is 40.3 Å². The number of carbonyl (C=O) groups is 1. The summed E-state index contributed by atoms with van der Waals surface area (Å²) in [6.45, 7) is 2.08. The van der Waals surface area contributed by atoms with Crippen LogP contribution >= 0.6 is 0 Å². The van der Waals surface area contributed by atoms with E-state index in [4.69, 9.17) is 16.2 Å². The number of ether oxygens (including phenoxy) is 1. The van der Waals surface area contributed by atoms with E-state index in [-0.39, 0.29) is 17.8 Å². The SMILES string of the molecule is CCCc1nc(Nc2cc(NC3CCCCC3N)nnc2C(N)=O)ccc1OC. The maximum absolute atomic E-state index is 11.8. The van der Waals surface area contributed by atoms with Gasteiger partial charge < -0.3 is 26.8 Å². The molecule has 156 valence electrons. The number of pyridine rings is 1. The Labute approximate surface area is 170 Å². The summed E-state index contributed by atoms with van der Waals surface area (Å²) in [4.78, 5) is 16.4. The summed E-state index contributed by atoms with van der Waals surface area (Å²) in [5, 5.41) is 14.6. The second-order valence-corrected chi connectivity index (χ2v) is 7.28. The van der Waals surface area contributed by atoms with Crippen LogP contribution in [0.25, 0.3) is 0 Å². The zero-order chi connectivity index (χ0) is 20.8. The molecule has 0 saturated heterocycles. The number of nitrogens with one attached hydrogen (secondary N) is 2. The van der Waals surface area contributed by atoms with Crippen LogP contribution in [0.15, 0.2) is 18.2 Å². The Kier molecular flexibility index (Phi) is 6.82. The fourth-order valence-electron chi connectivity index (χ4n) is 3.57. The molecular formula is C20H29N7O2. The summed E-state index contributed by atoms with van der Waals surface area (Å²) in [6, 6.07) is 5.55. The van der Waals surface area contributed by atoms with E-state index in [9.17, 15) is 4.79 Å². The van der Waals surface area contributed by atoms with E-state index in [1.807, 2.05) is 6.07 Å². The second-order valence-electron chi connectivity index (χ2n) is 7.28. The molecule has 1 fully saturated rings. The third-order valence-electron chi connectivity index (χ3n) is 5.08. The molecule has 0 aliphatic heterocycles. The number of nitrogens with two attached hydrogens (primary N) is 2. The van der Waals surface area contributed by atoms with Gasteiger partial charge in [-0.3, -0.25) is 4.79 Å². The van der Waals surface area contributed by atoms with Gasteiger partial charge in [0.1, 0.15) is 11.6 Å². The summed E-state index contributed by atoms with van der Waals surface area (Å²) in [5.41, 5.74) is 13.0. The van der Waals surface area contributed by atoms with E-state index in [2.05, 4.69) is 32.7 Å². The van der Waals surface area contributed by atoms with Gasteiger partial charge in [-0.1, -0.05) is 26.2 Å². The molecule has 1 aliphatic rings. The minimum Gasteiger partial charge on any atom is -0.495 e. The van der Waals surface area contributed by atoms with Crippen molar-refractivity contribution in [2.75, 3.05) is 17.7 Å². The number of methoxy groups -OCH3 is 1. The first-order valence-electron chi connectivity index (χ1n) is 10.0. The summed E-state index contributed by atoms with van der Waals surface area (Å²) < 4.78 is 5.37. The molecule has 1 amide bonds. The van der Waals surface area contributed by atoms with E-state index < -0.39 is 5.91 Å². The average Bonchev–Trinajstić information content (AvgIpc) is 2.70. The van der Waals surface area contributed by atoms with Crippen LogP contribution in [0.3, 0.4) is 0 Å². The predicted molar refractivity (Wildman–Crippen MR) is 112 cm³/mol. The van der Waals surface area contributed by atoms with Gasteiger partial charge in [-0.15, -0.1) is 10.2 Å². The van der Waals surface area contributed by atoms with Crippen molar-refractivity contribution in [1.29, 1.82) is 0 Å². The Morgan fingerprint density at radius 2 is 2.03 bits per heavy atom. The standard InChI is InChI=1S/C20H29N7O2/c1-3-6-14-16(29-2)9-10-17(24-14)25-15-11-18(26-27-19(15)20(22)28)23-13-8-5-4-7-12(13)21/h9-13H,3-8,21H2,1-2H3,(H2,22,28)(H2,23,24,25,26). The normalized spacial score (nSPS) is 18.9. The fourth-order valence-corrected chi connectivity index (χ4v) is 3.57. The lowest BCUT2D eigenvalue weighted by atomic mass is 9.91. The van der Waals surface area contributed by atoms with Crippen LogP contribution in [0.4, 0.5) is 17.3 Å². The molecule has 6 N–H and O–H groups in total. The van der Waals surface area contributed by atoms with Crippen molar-refractivity contribution in [3.8, 4) is 5.75 Å². The first-order chi connectivity index (χ1) is 14.0. The van der Waals surface area contributed by atoms with Crippen molar-refractivity contribution in [3.05, 3.63) is 29.6 Å². The number of primary amides is 1. The second kappa shape index (κ2) is 9.51. The monoisotopic (exact) mass is 399 g/mol. The molecule has 2 heterocycles. The molecule has 2 aromatic heterocycles. The number of aryl methyl sites for hydroxylation is 1. The van der Waals surface area contributed by atoms with Gasteiger partial charge in [-0.05, 0) is 31.4 Å². The van der Waals surface area contributed by atoms with Crippen molar-refractivity contribution >= 4 is 23.2 Å². The lowest BCUT2D eigenvalue weighted by Crippen LogP contribution is -2.42. The molecule has 0 aromatic carbocycles. The first-order valence-corrected chi connectivity index (χ1v) is 10.0. The molecule has 0 bridgehead atoms. The van der Waals surface area contributed by atoms with Gasteiger partial charge in [0.25, 0.3) is 5.91 Å². The van der Waals surface area contributed by atoms with Crippen molar-refractivity contribution < 1.29 is 9.53 Å². The molecule has 1 saturated carbocycles. The smallest absolute Gasteiger partial charge is 0.271 e. The average molecular weight is 399 g/mol. The highest BCUT2D eigenvalue weighted by atomic mass is 16.5. The van der Waals surface area contributed by atoms with E-state index in [1.165, 1.54) is 0 Å². The summed E-state index contributed by atoms with van der Waals surface area (Å²) >= 11 is 0. The number of rotatable bonds is 8. The Morgan fingerprint density at radius 3 is 2.72 bits per heavy atom. The predicted octanol–water partition coefficient (Wildman–Crippen LogP) is 2.36. The van der Waals surface area contributed by atoms with Gasteiger partial charge >= 0.3 is 0 Å². The zero-order valence-electron chi connectivity index (χ0n) is 16.9. The molecule has 2 unspecified atom stereocenters. The molecule has 0 spiro atoms. The first kappa shape index (κ1) is 20.8. The van der Waals surface area contributed by atoms with Crippen molar-refractivity contribution in [1.82, 2.24) is 15.2 Å². The van der Waals surface area contributed by atoms with E-state index >= 15 is 0 Å². The minimum absolute atomic E-state index is 0.0538. The van der Waals surface area contributed by atoms with E-state index in [1.54, 1.807) is 19.2 Å². The van der Waals surface area contributed by atoms with E-state index in [0.717, 1.165) is 50.0 Å². The Hall–Kier alpha value is -2.94. The highest BCUT2D eigenvalue weighted by molar-refractivity contribution is 5.97. The largest absolute Gasteiger partial charge is 0.495 e. The molecule has 3 rings (SSSR count). The Bertz CT molecular complexity index is 859. The lowest BCUT2D eigenvalue weighted by molar-refractivity contribution is 0.0995. The van der Waals surface area contributed by atoms with Gasteiger partial charge in [0.2, 0.25) is 0 Å². The zero-order valence-corrected chi connectivity index (χ0v) is 16.9.